The molecule has 4 fully saturated rings. The number of primary amides is 1. The summed E-state index contributed by atoms with van der Waals surface area (Å²) >= 11 is 1.65. The van der Waals surface area contributed by atoms with Crippen molar-refractivity contribution >= 4 is 27.6 Å². The van der Waals surface area contributed by atoms with Crippen LogP contribution in [0.15, 0.2) is 48.0 Å². The minimum atomic E-state index is -0.670. The van der Waals surface area contributed by atoms with Crippen LogP contribution in [0.5, 0.6) is 0 Å². The molecule has 0 radical (unpaired) electrons. The van der Waals surface area contributed by atoms with Gasteiger partial charge in [-0.15, -0.1) is 11.3 Å². The first-order valence-electron chi connectivity index (χ1n) is 10.8. The highest BCUT2D eigenvalue weighted by Gasteiger charge is 2.64. The molecule has 2 N–H and O–H groups in total. The smallest absolute Gasteiger partial charge is 0.405 e. The number of aromatic nitrogens is 1. The van der Waals surface area contributed by atoms with Crippen LogP contribution in [0, 0.1) is 17.8 Å². The number of rotatable bonds is 4. The first-order chi connectivity index (χ1) is 14.6. The minimum absolute atomic E-state index is 0.371. The number of fused-ring (bicyclic) bond motifs is 4. The predicted octanol–water partition coefficient (Wildman–Crippen LogP) is 4.62. The lowest BCUT2D eigenvalue weighted by atomic mass is 9.75. The first-order valence-corrected chi connectivity index (χ1v) is 11.7. The molecule has 7 rings (SSSR count). The van der Waals surface area contributed by atoms with Crippen molar-refractivity contribution in [3.63, 3.8) is 0 Å². The molecule has 3 saturated heterocycles. The topological polar surface area (TPSA) is 68.5 Å². The van der Waals surface area contributed by atoms with Crippen molar-refractivity contribution in [1.82, 2.24) is 9.88 Å². The third-order valence-corrected chi connectivity index (χ3v) is 8.32. The van der Waals surface area contributed by atoms with E-state index in [-0.39, 0.29) is 0 Å². The highest BCUT2D eigenvalue weighted by molar-refractivity contribution is 7.16. The van der Waals surface area contributed by atoms with Gasteiger partial charge in [-0.25, -0.2) is 9.78 Å². The van der Waals surface area contributed by atoms with Crippen LogP contribution in [0.3, 0.4) is 0 Å². The second kappa shape index (κ2) is 6.79. The minimum Gasteiger partial charge on any atom is -0.438 e. The molecule has 1 aliphatic carbocycles. The number of ether oxygens (including phenoxy) is 1. The molecular formula is C24H25N3O2S. The highest BCUT2D eigenvalue weighted by atomic mass is 32.1. The van der Waals surface area contributed by atoms with Crippen LogP contribution in [0.25, 0.3) is 21.3 Å². The number of amides is 1. The number of piperidine rings is 3. The number of hydrogen-bond acceptors (Lipinski definition) is 5. The average Bonchev–Trinajstić information content (AvgIpc) is 3.29. The average molecular weight is 420 g/mol. The van der Waals surface area contributed by atoms with E-state index < -0.39 is 11.7 Å². The zero-order valence-corrected chi connectivity index (χ0v) is 17.6. The maximum absolute atomic E-state index is 11.8. The van der Waals surface area contributed by atoms with Gasteiger partial charge in [0.15, 0.2) is 0 Å². The molecule has 6 heteroatoms. The fourth-order valence-corrected chi connectivity index (χ4v) is 6.56. The van der Waals surface area contributed by atoms with Crippen LogP contribution in [0.4, 0.5) is 4.79 Å². The van der Waals surface area contributed by atoms with Gasteiger partial charge in [0.2, 0.25) is 0 Å². The Bertz CT molecular complexity index is 1100. The molecule has 3 unspecified atom stereocenters. The van der Waals surface area contributed by atoms with Crippen molar-refractivity contribution in [3.05, 3.63) is 53.5 Å². The van der Waals surface area contributed by atoms with E-state index >= 15 is 0 Å². The van der Waals surface area contributed by atoms with Gasteiger partial charge in [0.25, 0.3) is 0 Å². The molecule has 1 aromatic heterocycles. The lowest BCUT2D eigenvalue weighted by Gasteiger charge is -2.45. The highest BCUT2D eigenvalue weighted by Crippen LogP contribution is 2.62. The van der Waals surface area contributed by atoms with Crippen LogP contribution in [-0.4, -0.2) is 35.6 Å². The first kappa shape index (κ1) is 18.3. The number of nitrogens with two attached hydrogens (primary N) is 1. The Hall–Kier alpha value is -2.44. The Morgan fingerprint density at radius 2 is 1.90 bits per heavy atom. The van der Waals surface area contributed by atoms with Crippen molar-refractivity contribution in [2.45, 2.75) is 24.9 Å². The summed E-state index contributed by atoms with van der Waals surface area (Å²) in [4.78, 5) is 18.8. The van der Waals surface area contributed by atoms with Crippen molar-refractivity contribution in [2.75, 3.05) is 19.6 Å². The zero-order valence-electron chi connectivity index (χ0n) is 16.8. The van der Waals surface area contributed by atoms with Gasteiger partial charge in [-0.3, -0.25) is 0 Å². The quantitative estimate of drug-likeness (QED) is 0.670. The third-order valence-electron chi connectivity index (χ3n) is 7.51. The molecule has 2 bridgehead atoms. The van der Waals surface area contributed by atoms with Gasteiger partial charge in [-0.1, -0.05) is 30.3 Å². The van der Waals surface area contributed by atoms with Gasteiger partial charge in [-0.2, -0.15) is 0 Å². The predicted molar refractivity (Wildman–Crippen MR) is 118 cm³/mol. The van der Waals surface area contributed by atoms with E-state index in [4.69, 9.17) is 10.5 Å². The number of hydrogen-bond donors (Lipinski definition) is 1. The molecule has 4 heterocycles. The molecular weight excluding hydrogens is 394 g/mol. The second-order valence-electron chi connectivity index (χ2n) is 9.04. The molecule has 1 amide bonds. The maximum atomic E-state index is 11.8. The zero-order chi connectivity index (χ0) is 20.3. The van der Waals surface area contributed by atoms with Gasteiger partial charge in [0, 0.05) is 12.5 Å². The van der Waals surface area contributed by atoms with E-state index in [0.717, 1.165) is 41.1 Å². The Labute approximate surface area is 179 Å². The summed E-state index contributed by atoms with van der Waals surface area (Å²) in [6, 6.07) is 14.9. The summed E-state index contributed by atoms with van der Waals surface area (Å²) in [5.41, 5.74) is 11.2. The van der Waals surface area contributed by atoms with Gasteiger partial charge in [0.1, 0.15) is 5.60 Å². The fraction of sp³-hybridized carbons (Fsp3) is 0.417. The van der Waals surface area contributed by atoms with Crippen molar-refractivity contribution < 1.29 is 9.53 Å². The van der Waals surface area contributed by atoms with Gasteiger partial charge in [0.05, 0.1) is 15.7 Å². The Kier molecular flexibility index (Phi) is 4.15. The number of carbonyl (C=O) groups is 1. The monoisotopic (exact) mass is 419 g/mol. The maximum Gasteiger partial charge on any atom is 0.405 e. The van der Waals surface area contributed by atoms with E-state index in [1.165, 1.54) is 30.6 Å². The van der Waals surface area contributed by atoms with E-state index in [1.54, 1.807) is 11.3 Å². The number of benzene rings is 2. The van der Waals surface area contributed by atoms with Crippen LogP contribution < -0.4 is 5.73 Å². The summed E-state index contributed by atoms with van der Waals surface area (Å²) in [6.07, 6.45) is 2.75. The van der Waals surface area contributed by atoms with Crippen LogP contribution in [0.2, 0.25) is 0 Å². The molecule has 4 aliphatic rings. The van der Waals surface area contributed by atoms with E-state index in [1.807, 2.05) is 5.51 Å². The second-order valence-corrected chi connectivity index (χ2v) is 9.92. The lowest BCUT2D eigenvalue weighted by Crippen LogP contribution is -2.49. The van der Waals surface area contributed by atoms with Gasteiger partial charge in [-0.05, 0) is 73.0 Å². The normalized spacial score (nSPS) is 32.3. The van der Waals surface area contributed by atoms with Gasteiger partial charge >= 0.3 is 6.09 Å². The third kappa shape index (κ3) is 2.93. The van der Waals surface area contributed by atoms with E-state index in [2.05, 4.69) is 52.3 Å². The van der Waals surface area contributed by atoms with E-state index in [9.17, 15) is 4.79 Å². The number of thiazole rings is 1. The van der Waals surface area contributed by atoms with E-state index in [0.29, 0.717) is 11.8 Å². The Balaban J connectivity index is 1.29. The standard InChI is InChI=1S/C24H25N3O2S/c25-23(28)29-24(12-20(24)19-13-27-9-7-16(19)8-10-27)18-4-1-15(2-5-18)17-3-6-22-21(11-17)26-14-30-22/h1-6,11,14,16,19-20H,7-10,12-13H2,(H2,25,28). The molecule has 30 heavy (non-hydrogen) atoms. The molecule has 5 nitrogen and oxygen atoms in total. The van der Waals surface area contributed by atoms with Crippen LogP contribution in [0.1, 0.15) is 24.8 Å². The molecule has 3 atom stereocenters. The SMILES string of the molecule is NC(=O)OC1(c2ccc(-c3ccc4scnc4c3)cc2)CC1C1CN2CCC1CC2. The van der Waals surface area contributed by atoms with Crippen LogP contribution >= 0.6 is 11.3 Å². The Morgan fingerprint density at radius 3 is 2.60 bits per heavy atom. The summed E-state index contributed by atoms with van der Waals surface area (Å²) < 4.78 is 7.01. The number of nitrogens with zero attached hydrogens (tertiary/aromatic N) is 2. The Morgan fingerprint density at radius 1 is 1.13 bits per heavy atom. The van der Waals surface area contributed by atoms with Crippen molar-refractivity contribution in [1.29, 1.82) is 0 Å². The van der Waals surface area contributed by atoms with Crippen molar-refractivity contribution in [2.24, 2.45) is 23.5 Å². The summed E-state index contributed by atoms with van der Waals surface area (Å²) in [7, 11) is 0. The largest absolute Gasteiger partial charge is 0.438 e. The fourth-order valence-electron chi connectivity index (χ4n) is 5.90. The molecule has 3 aromatic rings. The van der Waals surface area contributed by atoms with Crippen LogP contribution in [-0.2, 0) is 10.3 Å². The van der Waals surface area contributed by atoms with Gasteiger partial charge < -0.3 is 15.4 Å². The molecule has 1 saturated carbocycles. The molecule has 0 spiro atoms. The summed E-state index contributed by atoms with van der Waals surface area (Å²) in [6.45, 7) is 3.57. The van der Waals surface area contributed by atoms with Crippen molar-refractivity contribution in [3.8, 4) is 11.1 Å². The number of carbonyl (C=O) groups excluding carboxylic acids is 1. The molecule has 154 valence electrons. The molecule has 3 aliphatic heterocycles. The molecule has 2 aromatic carbocycles. The lowest BCUT2D eigenvalue weighted by molar-refractivity contribution is 0.00842. The summed E-state index contributed by atoms with van der Waals surface area (Å²) in [5, 5.41) is 0. The summed E-state index contributed by atoms with van der Waals surface area (Å²) in [5.74, 6) is 1.72.